The topological polar surface area (TPSA) is 70.7 Å². The van der Waals surface area contributed by atoms with Crippen LogP contribution in [0.4, 0.5) is 5.69 Å². The molecule has 0 fully saturated rings. The smallest absolute Gasteiger partial charge is 0.264 e. The lowest BCUT2D eigenvalue weighted by atomic mass is 9.90. The molecule has 1 aliphatic rings. The van der Waals surface area contributed by atoms with Crippen molar-refractivity contribution >= 4 is 46.7 Å². The molecule has 152 valence electrons. The van der Waals surface area contributed by atoms with Gasteiger partial charge < -0.3 is 14.4 Å². The lowest BCUT2D eigenvalue weighted by Gasteiger charge is -2.22. The number of fused-ring (bicyclic) bond motifs is 1. The number of benzene rings is 2. The summed E-state index contributed by atoms with van der Waals surface area (Å²) in [7, 11) is 0. The lowest BCUT2D eigenvalue weighted by molar-refractivity contribution is -0.140. The van der Waals surface area contributed by atoms with Crippen LogP contribution in [-0.2, 0) is 21.7 Å². The summed E-state index contributed by atoms with van der Waals surface area (Å²) < 4.78 is 5.16. The largest absolute Gasteiger partial charge is 0.465 e. The van der Waals surface area contributed by atoms with Gasteiger partial charge in [-0.2, -0.15) is 0 Å². The first-order valence-electron chi connectivity index (χ1n) is 9.20. The highest BCUT2D eigenvalue weighted by molar-refractivity contribution is 6.31. The second kappa shape index (κ2) is 8.11. The molecule has 1 unspecified atom stereocenters. The maximum Gasteiger partial charge on any atom is 0.264 e. The first kappa shape index (κ1) is 20.4. The highest BCUT2D eigenvalue weighted by atomic mass is 35.5. The molecule has 0 saturated heterocycles. The molecule has 7 heteroatoms. The fraction of sp³-hybridized carbons (Fsp3) is 0.130. The van der Waals surface area contributed by atoms with Gasteiger partial charge in [0.1, 0.15) is 5.76 Å². The average molecular weight is 442 g/mol. The fourth-order valence-corrected chi connectivity index (χ4v) is 3.79. The maximum absolute atomic E-state index is 13.2. The van der Waals surface area contributed by atoms with Gasteiger partial charge in [-0.3, -0.25) is 9.59 Å². The van der Waals surface area contributed by atoms with Crippen LogP contribution in [0.3, 0.4) is 0 Å². The van der Waals surface area contributed by atoms with E-state index in [0.29, 0.717) is 27.1 Å². The number of hydrogen-bond acceptors (Lipinski definition) is 4. The van der Waals surface area contributed by atoms with Gasteiger partial charge in [-0.25, -0.2) is 0 Å². The Morgan fingerprint density at radius 1 is 1.10 bits per heavy atom. The van der Waals surface area contributed by atoms with E-state index < -0.39 is 23.7 Å². The molecule has 1 aliphatic heterocycles. The molecule has 0 aliphatic carbocycles. The number of ketones is 1. The molecule has 4 rings (SSSR count). The summed E-state index contributed by atoms with van der Waals surface area (Å²) >= 11 is 12.1. The molecule has 1 N–H and O–H groups in total. The van der Waals surface area contributed by atoms with Crippen molar-refractivity contribution < 1.29 is 19.1 Å². The van der Waals surface area contributed by atoms with E-state index in [1.807, 2.05) is 0 Å². The first-order chi connectivity index (χ1) is 14.4. The monoisotopic (exact) mass is 441 g/mol. The zero-order chi connectivity index (χ0) is 21.3. The number of hydrogen-bond donors (Lipinski definition) is 1. The van der Waals surface area contributed by atoms with Gasteiger partial charge >= 0.3 is 0 Å². The third kappa shape index (κ3) is 3.92. The van der Waals surface area contributed by atoms with Gasteiger partial charge in [-0.05, 0) is 60.2 Å². The number of nitrogens with zero attached hydrogens (tertiary/aromatic N) is 1. The van der Waals surface area contributed by atoms with Gasteiger partial charge in [-0.1, -0.05) is 35.3 Å². The van der Waals surface area contributed by atoms with Gasteiger partial charge in [0.15, 0.2) is 11.4 Å². The summed E-state index contributed by atoms with van der Waals surface area (Å²) in [5, 5.41) is 12.3. The van der Waals surface area contributed by atoms with E-state index >= 15 is 0 Å². The molecule has 1 amide bonds. The van der Waals surface area contributed by atoms with E-state index in [9.17, 15) is 14.7 Å². The second-order valence-electron chi connectivity index (χ2n) is 7.03. The average Bonchev–Trinajstić information content (AvgIpc) is 3.30. The minimum absolute atomic E-state index is 0.226. The second-order valence-corrected chi connectivity index (χ2v) is 7.90. The normalized spacial score (nSPS) is 18.2. The van der Waals surface area contributed by atoms with Crippen LogP contribution in [0, 0.1) is 0 Å². The van der Waals surface area contributed by atoms with Crippen LogP contribution in [0.5, 0.6) is 0 Å². The molecule has 1 aromatic heterocycles. The number of furan rings is 1. The predicted octanol–water partition coefficient (Wildman–Crippen LogP) is 4.99. The molecular formula is C23H17Cl2NO4. The van der Waals surface area contributed by atoms with Crippen LogP contribution < -0.4 is 4.90 Å². The van der Waals surface area contributed by atoms with Crippen LogP contribution in [0.25, 0.3) is 6.08 Å². The Bertz CT molecular complexity index is 1120. The first-order valence-corrected chi connectivity index (χ1v) is 9.96. The number of aliphatic hydroxyl groups is 1. The molecule has 3 aromatic rings. The third-order valence-electron chi connectivity index (χ3n) is 4.95. The zero-order valence-corrected chi connectivity index (χ0v) is 17.2. The summed E-state index contributed by atoms with van der Waals surface area (Å²) in [5.41, 5.74) is -0.336. The predicted molar refractivity (Wildman–Crippen MR) is 115 cm³/mol. The molecule has 2 heterocycles. The van der Waals surface area contributed by atoms with Crippen LogP contribution in [0.15, 0.2) is 71.4 Å². The van der Waals surface area contributed by atoms with E-state index in [1.165, 1.54) is 29.4 Å². The quantitative estimate of drug-likeness (QED) is 0.546. The van der Waals surface area contributed by atoms with Gasteiger partial charge in [0.05, 0.1) is 24.9 Å². The maximum atomic E-state index is 13.2. The SMILES string of the molecule is O=C(/C=C/c1ccco1)CC1(O)C(=O)N(Cc2ccc(Cl)cc2)c2ccc(Cl)cc21. The Labute approximate surface area is 183 Å². The van der Waals surface area contributed by atoms with Crippen LogP contribution >= 0.6 is 23.2 Å². The number of allylic oxidation sites excluding steroid dienone is 1. The molecule has 2 aromatic carbocycles. The van der Waals surface area contributed by atoms with Crippen LogP contribution in [0.1, 0.15) is 23.3 Å². The Morgan fingerprint density at radius 2 is 1.83 bits per heavy atom. The van der Waals surface area contributed by atoms with E-state index in [0.717, 1.165) is 5.56 Å². The van der Waals surface area contributed by atoms with Crippen molar-refractivity contribution in [3.05, 3.63) is 93.9 Å². The Balaban J connectivity index is 1.64. The van der Waals surface area contributed by atoms with Crippen molar-refractivity contribution in [2.75, 3.05) is 4.90 Å². The molecule has 0 saturated carbocycles. The minimum Gasteiger partial charge on any atom is -0.465 e. The van der Waals surface area contributed by atoms with E-state index in [1.54, 1.807) is 48.5 Å². The highest BCUT2D eigenvalue weighted by Gasteiger charge is 2.50. The summed E-state index contributed by atoms with van der Waals surface area (Å²) in [6.45, 7) is 0.226. The molecular weight excluding hydrogens is 425 g/mol. The fourth-order valence-electron chi connectivity index (χ4n) is 3.50. The van der Waals surface area contributed by atoms with Crippen molar-refractivity contribution in [3.8, 4) is 0 Å². The van der Waals surface area contributed by atoms with Gasteiger partial charge in [-0.15, -0.1) is 0 Å². The number of anilines is 1. The van der Waals surface area contributed by atoms with Crippen molar-refractivity contribution in [1.82, 2.24) is 0 Å². The van der Waals surface area contributed by atoms with Gasteiger partial charge in [0.25, 0.3) is 5.91 Å². The number of carbonyl (C=O) groups excluding carboxylic acids is 2. The minimum atomic E-state index is -2.00. The Kier molecular flexibility index (Phi) is 5.52. The molecule has 1 atom stereocenters. The summed E-state index contributed by atoms with van der Waals surface area (Å²) in [6.07, 6.45) is 3.87. The van der Waals surface area contributed by atoms with Crippen molar-refractivity contribution in [2.45, 2.75) is 18.6 Å². The highest BCUT2D eigenvalue weighted by Crippen LogP contribution is 2.44. The standard InChI is InChI=1S/C23H17Cl2NO4/c24-16-5-3-15(4-6-16)14-26-21-10-7-17(25)12-20(21)23(29,22(26)28)13-18(27)8-9-19-2-1-11-30-19/h1-12,29H,13-14H2/b9-8+. The number of carbonyl (C=O) groups is 2. The number of amides is 1. The lowest BCUT2D eigenvalue weighted by Crippen LogP contribution is -2.41. The molecule has 5 nitrogen and oxygen atoms in total. The van der Waals surface area contributed by atoms with Crippen molar-refractivity contribution in [1.29, 1.82) is 0 Å². The van der Waals surface area contributed by atoms with Gasteiger partial charge in [0.2, 0.25) is 0 Å². The van der Waals surface area contributed by atoms with Crippen LogP contribution in [0.2, 0.25) is 10.0 Å². The van der Waals surface area contributed by atoms with Gasteiger partial charge in [0, 0.05) is 15.6 Å². The Hall–Kier alpha value is -2.86. The van der Waals surface area contributed by atoms with E-state index in [-0.39, 0.29) is 6.54 Å². The van der Waals surface area contributed by atoms with Crippen LogP contribution in [-0.4, -0.2) is 16.8 Å². The van der Waals surface area contributed by atoms with E-state index in [2.05, 4.69) is 0 Å². The third-order valence-corrected chi connectivity index (χ3v) is 5.44. The molecule has 0 bridgehead atoms. The number of halogens is 2. The summed E-state index contributed by atoms with van der Waals surface area (Å²) in [6, 6.07) is 15.3. The van der Waals surface area contributed by atoms with Crippen molar-refractivity contribution in [3.63, 3.8) is 0 Å². The number of rotatable bonds is 6. The molecule has 0 radical (unpaired) electrons. The zero-order valence-electron chi connectivity index (χ0n) is 15.7. The molecule has 30 heavy (non-hydrogen) atoms. The Morgan fingerprint density at radius 3 is 2.53 bits per heavy atom. The summed E-state index contributed by atoms with van der Waals surface area (Å²) in [5.74, 6) is -0.489. The van der Waals surface area contributed by atoms with E-state index in [4.69, 9.17) is 27.6 Å². The molecule has 0 spiro atoms. The summed E-state index contributed by atoms with van der Waals surface area (Å²) in [4.78, 5) is 27.2. The van der Waals surface area contributed by atoms with Crippen molar-refractivity contribution in [2.24, 2.45) is 0 Å².